The van der Waals surface area contributed by atoms with E-state index in [1.165, 1.54) is 14.2 Å². The van der Waals surface area contributed by atoms with Crippen molar-refractivity contribution in [1.82, 2.24) is 9.97 Å². The number of methoxy groups -OCH3 is 2. The van der Waals surface area contributed by atoms with Gasteiger partial charge in [-0.3, -0.25) is 4.72 Å². The topological polar surface area (TPSA) is 90.4 Å². The third-order valence-corrected chi connectivity index (χ3v) is 5.37. The Balaban J connectivity index is 2.16. The molecule has 0 saturated heterocycles. The molecule has 7 nitrogen and oxygen atoms in total. The van der Waals surface area contributed by atoms with E-state index in [1.807, 2.05) is 0 Å². The average molecular weight is 344 g/mol. The van der Waals surface area contributed by atoms with Crippen LogP contribution >= 0.6 is 11.6 Å². The van der Waals surface area contributed by atoms with Crippen molar-refractivity contribution in [1.29, 1.82) is 0 Å². The Morgan fingerprint density at radius 2 is 1.82 bits per heavy atom. The Morgan fingerprint density at radius 1 is 1.18 bits per heavy atom. The summed E-state index contributed by atoms with van der Waals surface area (Å²) in [6.45, 7) is 0. The molecule has 1 N–H and O–H groups in total. The highest BCUT2D eigenvalue weighted by Gasteiger charge is 2.36. The first-order chi connectivity index (χ1) is 10.4. The van der Waals surface area contributed by atoms with E-state index in [-0.39, 0.29) is 16.4 Å². The van der Waals surface area contributed by atoms with Crippen molar-refractivity contribution in [2.24, 2.45) is 0 Å². The quantitative estimate of drug-likeness (QED) is 0.837. The first kappa shape index (κ1) is 15.1. The van der Waals surface area contributed by atoms with Crippen LogP contribution in [0.2, 0.25) is 5.28 Å². The van der Waals surface area contributed by atoms with Crippen LogP contribution in [0.25, 0.3) is 10.9 Å². The van der Waals surface area contributed by atoms with Gasteiger partial charge in [0.15, 0.2) is 17.3 Å². The number of rotatable bonds is 5. The normalized spacial score (nSPS) is 14.9. The number of nitrogens with one attached hydrogen (secondary N) is 1. The van der Waals surface area contributed by atoms with E-state index in [0.29, 0.717) is 35.2 Å². The lowest BCUT2D eigenvalue weighted by Crippen LogP contribution is -2.18. The van der Waals surface area contributed by atoms with E-state index in [4.69, 9.17) is 21.1 Å². The zero-order valence-corrected chi connectivity index (χ0v) is 13.5. The first-order valence-corrected chi connectivity index (χ1v) is 8.48. The number of hydrogen-bond acceptors (Lipinski definition) is 6. The zero-order chi connectivity index (χ0) is 15.9. The first-order valence-electron chi connectivity index (χ1n) is 6.55. The van der Waals surface area contributed by atoms with E-state index < -0.39 is 10.0 Å². The van der Waals surface area contributed by atoms with Crippen molar-refractivity contribution in [3.8, 4) is 11.5 Å². The van der Waals surface area contributed by atoms with Crippen molar-refractivity contribution in [3.05, 3.63) is 17.4 Å². The molecule has 118 valence electrons. The monoisotopic (exact) mass is 343 g/mol. The number of benzene rings is 1. The second kappa shape index (κ2) is 5.44. The molecule has 2 aromatic rings. The minimum atomic E-state index is -3.45. The molecule has 0 radical (unpaired) electrons. The highest BCUT2D eigenvalue weighted by molar-refractivity contribution is 7.93. The molecular formula is C13H14ClN3O4S. The zero-order valence-electron chi connectivity index (χ0n) is 12.0. The van der Waals surface area contributed by atoms with Crippen LogP contribution in [-0.2, 0) is 10.0 Å². The summed E-state index contributed by atoms with van der Waals surface area (Å²) in [6, 6.07) is 3.24. The summed E-state index contributed by atoms with van der Waals surface area (Å²) in [7, 11) is -0.457. The maximum absolute atomic E-state index is 12.1. The number of ether oxygens (including phenoxy) is 2. The summed E-state index contributed by atoms with van der Waals surface area (Å²) in [5, 5.41) is 0.0796. The maximum Gasteiger partial charge on any atom is 0.236 e. The molecule has 1 aliphatic carbocycles. The molecule has 3 rings (SSSR count). The van der Waals surface area contributed by atoms with Crippen LogP contribution < -0.4 is 14.2 Å². The minimum Gasteiger partial charge on any atom is -0.493 e. The molecule has 0 amide bonds. The second-order valence-electron chi connectivity index (χ2n) is 4.91. The fourth-order valence-corrected chi connectivity index (χ4v) is 3.63. The molecule has 9 heteroatoms. The van der Waals surface area contributed by atoms with Crippen molar-refractivity contribution >= 4 is 38.3 Å². The largest absolute Gasteiger partial charge is 0.493 e. The number of hydrogen-bond donors (Lipinski definition) is 1. The van der Waals surface area contributed by atoms with Crippen LogP contribution in [0.1, 0.15) is 12.8 Å². The van der Waals surface area contributed by atoms with Crippen molar-refractivity contribution in [2.75, 3.05) is 18.9 Å². The van der Waals surface area contributed by atoms with Crippen LogP contribution in [0.3, 0.4) is 0 Å². The Labute approximate surface area is 132 Å². The standard InChI is InChI=1S/C13H14ClN3O4S/c1-20-10-5-8-9(6-11(10)21-2)15-13(14)16-12(8)17-22(18,19)7-3-4-7/h5-7H,3-4H2,1-2H3,(H,15,16,17). The molecule has 0 bridgehead atoms. The molecule has 0 spiro atoms. The smallest absolute Gasteiger partial charge is 0.236 e. The molecule has 1 aliphatic rings. The van der Waals surface area contributed by atoms with Gasteiger partial charge in [-0.05, 0) is 30.5 Å². The van der Waals surface area contributed by atoms with Crippen LogP contribution in [0, 0.1) is 0 Å². The van der Waals surface area contributed by atoms with Crippen LogP contribution in [0.15, 0.2) is 12.1 Å². The van der Waals surface area contributed by atoms with E-state index in [1.54, 1.807) is 12.1 Å². The van der Waals surface area contributed by atoms with Gasteiger partial charge in [-0.15, -0.1) is 0 Å². The molecule has 1 aromatic carbocycles. The van der Waals surface area contributed by atoms with E-state index in [2.05, 4.69) is 14.7 Å². The van der Waals surface area contributed by atoms with Gasteiger partial charge in [-0.25, -0.2) is 13.4 Å². The lowest BCUT2D eigenvalue weighted by Gasteiger charge is -2.12. The highest BCUT2D eigenvalue weighted by Crippen LogP contribution is 2.36. The molecule has 1 fully saturated rings. The van der Waals surface area contributed by atoms with Gasteiger partial charge in [0.25, 0.3) is 0 Å². The lowest BCUT2D eigenvalue weighted by molar-refractivity contribution is 0.356. The van der Waals surface area contributed by atoms with Gasteiger partial charge in [0, 0.05) is 11.5 Å². The number of anilines is 1. The predicted octanol–water partition coefficient (Wildman–Crippen LogP) is 2.20. The SMILES string of the molecule is COc1cc2nc(Cl)nc(NS(=O)(=O)C3CC3)c2cc1OC. The van der Waals surface area contributed by atoms with Crippen molar-refractivity contribution in [2.45, 2.75) is 18.1 Å². The Morgan fingerprint density at radius 3 is 2.41 bits per heavy atom. The lowest BCUT2D eigenvalue weighted by atomic mass is 10.2. The molecule has 0 atom stereocenters. The average Bonchev–Trinajstić information content (AvgIpc) is 3.30. The van der Waals surface area contributed by atoms with E-state index in [0.717, 1.165) is 0 Å². The molecule has 1 heterocycles. The third kappa shape index (κ3) is 2.76. The second-order valence-corrected chi connectivity index (χ2v) is 7.21. The number of nitrogens with zero attached hydrogens (tertiary/aromatic N) is 2. The molecule has 22 heavy (non-hydrogen) atoms. The minimum absolute atomic E-state index is 0.0479. The molecule has 1 aromatic heterocycles. The number of aromatic nitrogens is 2. The fourth-order valence-electron chi connectivity index (χ4n) is 2.10. The van der Waals surface area contributed by atoms with Gasteiger partial charge in [0.1, 0.15) is 0 Å². The number of sulfonamides is 1. The fraction of sp³-hybridized carbons (Fsp3) is 0.385. The van der Waals surface area contributed by atoms with Crippen LogP contribution in [0.5, 0.6) is 11.5 Å². The summed E-state index contributed by atoms with van der Waals surface area (Å²) in [5.74, 6) is 1.07. The molecule has 0 unspecified atom stereocenters. The Kier molecular flexibility index (Phi) is 3.73. The highest BCUT2D eigenvalue weighted by atomic mass is 35.5. The Bertz CT molecular complexity index is 837. The van der Waals surface area contributed by atoms with Gasteiger partial charge < -0.3 is 9.47 Å². The number of halogens is 1. The van der Waals surface area contributed by atoms with Gasteiger partial charge in [-0.1, -0.05) is 0 Å². The summed E-state index contributed by atoms with van der Waals surface area (Å²) in [4.78, 5) is 8.09. The third-order valence-electron chi connectivity index (χ3n) is 3.38. The van der Waals surface area contributed by atoms with Gasteiger partial charge in [0.2, 0.25) is 15.3 Å². The van der Waals surface area contributed by atoms with Crippen molar-refractivity contribution < 1.29 is 17.9 Å². The summed E-state index contributed by atoms with van der Waals surface area (Å²) in [6.07, 6.45) is 1.31. The Hall–Kier alpha value is -1.80. The van der Waals surface area contributed by atoms with Crippen LogP contribution in [0.4, 0.5) is 5.82 Å². The molecule has 0 aliphatic heterocycles. The van der Waals surface area contributed by atoms with Gasteiger partial charge in [-0.2, -0.15) is 4.98 Å². The summed E-state index contributed by atoms with van der Waals surface area (Å²) in [5.41, 5.74) is 0.464. The molecular weight excluding hydrogens is 330 g/mol. The maximum atomic E-state index is 12.1. The van der Waals surface area contributed by atoms with Gasteiger partial charge in [0.05, 0.1) is 25.0 Å². The van der Waals surface area contributed by atoms with E-state index >= 15 is 0 Å². The van der Waals surface area contributed by atoms with E-state index in [9.17, 15) is 8.42 Å². The summed E-state index contributed by atoms with van der Waals surface area (Å²) < 4.78 is 37.2. The summed E-state index contributed by atoms with van der Waals surface area (Å²) >= 11 is 5.89. The van der Waals surface area contributed by atoms with Crippen molar-refractivity contribution in [3.63, 3.8) is 0 Å². The predicted molar refractivity (Wildman–Crippen MR) is 83.2 cm³/mol. The van der Waals surface area contributed by atoms with Gasteiger partial charge >= 0.3 is 0 Å². The number of fused-ring (bicyclic) bond motifs is 1. The van der Waals surface area contributed by atoms with Crippen LogP contribution in [-0.4, -0.2) is 37.9 Å². The molecule has 1 saturated carbocycles.